The van der Waals surface area contributed by atoms with Gasteiger partial charge in [-0.15, -0.1) is 0 Å². The van der Waals surface area contributed by atoms with Gasteiger partial charge >= 0.3 is 0 Å². The first-order valence-corrected chi connectivity index (χ1v) is 8.00. The Morgan fingerprint density at radius 1 is 0.273 bits per heavy atom. The predicted octanol–water partition coefficient (Wildman–Crippen LogP) is 7.48. The summed E-state index contributed by atoms with van der Waals surface area (Å²) in [7, 11) is 0. The summed E-state index contributed by atoms with van der Waals surface area (Å²) in [6.45, 7) is 17.5. The second-order valence-electron chi connectivity index (χ2n) is 8.31. The number of hydrogen-bond donors (Lipinski definition) is 0. The third-order valence-electron chi connectivity index (χ3n) is 1.33. The molecule has 0 nitrogen and oxygen atoms in total. The van der Waals surface area contributed by atoms with Crippen molar-refractivity contribution in [1.82, 2.24) is 0 Å². The second kappa shape index (κ2) is 13.1. The molecular formula is C22H36. The molecule has 0 unspecified atom stereocenters. The first kappa shape index (κ1) is 22.7. The van der Waals surface area contributed by atoms with Crippen LogP contribution in [0.5, 0.6) is 0 Å². The van der Waals surface area contributed by atoms with E-state index in [2.05, 4.69) is 55.4 Å². The minimum atomic E-state index is 0.500. The predicted molar refractivity (Wildman–Crippen MR) is 103 cm³/mol. The van der Waals surface area contributed by atoms with Crippen LogP contribution in [0.3, 0.4) is 0 Å². The van der Waals surface area contributed by atoms with E-state index in [-0.39, 0.29) is 0 Å². The largest absolute Gasteiger partial charge is 0.0623 e. The Labute approximate surface area is 139 Å². The zero-order chi connectivity index (χ0) is 17.5. The topological polar surface area (TPSA) is 0 Å². The Morgan fingerprint density at radius 2 is 0.318 bits per heavy atom. The van der Waals surface area contributed by atoms with Gasteiger partial charge in [-0.3, -0.25) is 0 Å². The molecule has 0 aromatic heterocycles. The SMILES string of the molecule is CC(C)(C)C.CC(C)(C)C.c1ccccc1.c1ccccc1. The van der Waals surface area contributed by atoms with Crippen molar-refractivity contribution in [1.29, 1.82) is 0 Å². The maximum absolute atomic E-state index is 2.19. The molecule has 2 rings (SSSR count). The molecule has 0 bridgehead atoms. The van der Waals surface area contributed by atoms with E-state index in [1.54, 1.807) is 0 Å². The van der Waals surface area contributed by atoms with Crippen LogP contribution in [-0.4, -0.2) is 0 Å². The Morgan fingerprint density at radius 3 is 0.364 bits per heavy atom. The molecule has 0 heteroatoms. The molecule has 22 heavy (non-hydrogen) atoms. The van der Waals surface area contributed by atoms with E-state index in [0.717, 1.165) is 0 Å². The van der Waals surface area contributed by atoms with Crippen LogP contribution in [0.25, 0.3) is 0 Å². The van der Waals surface area contributed by atoms with Crippen LogP contribution in [-0.2, 0) is 0 Å². The fourth-order valence-corrected chi connectivity index (χ4v) is 0.770. The van der Waals surface area contributed by atoms with Crippen LogP contribution in [0.2, 0.25) is 0 Å². The van der Waals surface area contributed by atoms with Gasteiger partial charge in [-0.05, 0) is 10.8 Å². The van der Waals surface area contributed by atoms with Crippen LogP contribution in [0.4, 0.5) is 0 Å². The number of hydrogen-bond acceptors (Lipinski definition) is 0. The molecule has 0 N–H and O–H groups in total. The highest BCUT2D eigenvalue weighted by atomic mass is 14.0. The van der Waals surface area contributed by atoms with Gasteiger partial charge in [0.2, 0.25) is 0 Å². The lowest BCUT2D eigenvalue weighted by atomic mass is 10.0. The summed E-state index contributed by atoms with van der Waals surface area (Å²) in [5.74, 6) is 0. The zero-order valence-electron chi connectivity index (χ0n) is 15.9. The molecule has 0 spiro atoms. The lowest BCUT2D eigenvalue weighted by Crippen LogP contribution is -1.93. The van der Waals surface area contributed by atoms with E-state index in [0.29, 0.717) is 10.8 Å². The Balaban J connectivity index is 0. The van der Waals surface area contributed by atoms with Crippen molar-refractivity contribution in [2.75, 3.05) is 0 Å². The summed E-state index contributed by atoms with van der Waals surface area (Å²) in [4.78, 5) is 0. The van der Waals surface area contributed by atoms with Gasteiger partial charge in [0.05, 0.1) is 0 Å². The quantitative estimate of drug-likeness (QED) is 0.473. The first-order valence-electron chi connectivity index (χ1n) is 8.00. The average molecular weight is 301 g/mol. The first-order chi connectivity index (χ1) is 10.0. The van der Waals surface area contributed by atoms with Crippen LogP contribution in [0, 0.1) is 10.8 Å². The molecule has 0 saturated heterocycles. The molecule has 0 aliphatic carbocycles. The highest BCUT2D eigenvalue weighted by molar-refractivity contribution is 4.99. The van der Waals surface area contributed by atoms with E-state index in [1.165, 1.54) is 0 Å². The summed E-state index contributed by atoms with van der Waals surface area (Å²) < 4.78 is 0. The van der Waals surface area contributed by atoms with Crippen molar-refractivity contribution in [2.24, 2.45) is 10.8 Å². The van der Waals surface area contributed by atoms with Crippen molar-refractivity contribution in [2.45, 2.75) is 55.4 Å². The molecule has 0 atom stereocenters. The van der Waals surface area contributed by atoms with Gasteiger partial charge < -0.3 is 0 Å². The Hall–Kier alpha value is -1.56. The molecule has 0 fully saturated rings. The molecule has 0 aliphatic heterocycles. The van der Waals surface area contributed by atoms with Gasteiger partial charge in [-0.2, -0.15) is 0 Å². The van der Waals surface area contributed by atoms with Gasteiger partial charge in [-0.25, -0.2) is 0 Å². The summed E-state index contributed by atoms with van der Waals surface area (Å²) in [5, 5.41) is 0. The van der Waals surface area contributed by atoms with Gasteiger partial charge in [0.15, 0.2) is 0 Å². The van der Waals surface area contributed by atoms with Gasteiger partial charge in [0.1, 0.15) is 0 Å². The number of benzene rings is 2. The van der Waals surface area contributed by atoms with Crippen LogP contribution >= 0.6 is 0 Å². The van der Waals surface area contributed by atoms with E-state index < -0.39 is 0 Å². The van der Waals surface area contributed by atoms with Crippen molar-refractivity contribution < 1.29 is 0 Å². The highest BCUT2D eigenvalue weighted by Crippen LogP contribution is 2.08. The van der Waals surface area contributed by atoms with Gasteiger partial charge in [0.25, 0.3) is 0 Å². The molecular weight excluding hydrogens is 264 g/mol. The van der Waals surface area contributed by atoms with Crippen molar-refractivity contribution in [3.63, 3.8) is 0 Å². The monoisotopic (exact) mass is 300 g/mol. The van der Waals surface area contributed by atoms with E-state index >= 15 is 0 Å². The maximum atomic E-state index is 2.19. The summed E-state index contributed by atoms with van der Waals surface area (Å²) in [6, 6.07) is 24.0. The minimum Gasteiger partial charge on any atom is -0.0623 e. The van der Waals surface area contributed by atoms with Crippen LogP contribution < -0.4 is 0 Å². The van der Waals surface area contributed by atoms with Crippen molar-refractivity contribution in [3.8, 4) is 0 Å². The molecule has 0 radical (unpaired) electrons. The van der Waals surface area contributed by atoms with Gasteiger partial charge in [-0.1, -0.05) is 128 Å². The van der Waals surface area contributed by atoms with E-state index in [4.69, 9.17) is 0 Å². The van der Waals surface area contributed by atoms with Crippen molar-refractivity contribution in [3.05, 3.63) is 72.8 Å². The normalized spacial score (nSPS) is 9.82. The molecule has 124 valence electrons. The average Bonchev–Trinajstić information content (AvgIpc) is 2.40. The Kier molecular flexibility index (Phi) is 13.6. The van der Waals surface area contributed by atoms with E-state index in [1.807, 2.05) is 72.8 Å². The summed E-state index contributed by atoms with van der Waals surface area (Å²) in [6.07, 6.45) is 0. The smallest absolute Gasteiger partial charge is 0.0411 e. The second-order valence-corrected chi connectivity index (χ2v) is 8.31. The maximum Gasteiger partial charge on any atom is -0.0411 e. The molecule has 2 aromatic rings. The summed E-state index contributed by atoms with van der Waals surface area (Å²) >= 11 is 0. The lowest BCUT2D eigenvalue weighted by Gasteiger charge is -2.05. The highest BCUT2D eigenvalue weighted by Gasteiger charge is 1.96. The molecule has 0 heterocycles. The molecule has 0 aliphatic rings. The third-order valence-corrected chi connectivity index (χ3v) is 1.33. The fraction of sp³-hybridized carbons (Fsp3) is 0.455. The third kappa shape index (κ3) is 51.5. The fourth-order valence-electron chi connectivity index (χ4n) is 0.770. The Bertz CT molecular complexity index is 292. The minimum absolute atomic E-state index is 0.500. The standard InChI is InChI=1S/2C6H6.2C5H12/c2*1-2-4-6-5-3-1;2*1-5(2,3)4/h2*1-6H;2*1-4H3. The van der Waals surface area contributed by atoms with Crippen LogP contribution in [0.15, 0.2) is 72.8 Å². The number of rotatable bonds is 0. The lowest BCUT2D eigenvalue weighted by molar-refractivity contribution is 0.469. The van der Waals surface area contributed by atoms with Crippen LogP contribution in [0.1, 0.15) is 55.4 Å². The van der Waals surface area contributed by atoms with Crippen molar-refractivity contribution >= 4 is 0 Å². The van der Waals surface area contributed by atoms with E-state index in [9.17, 15) is 0 Å². The molecule has 2 aromatic carbocycles. The summed E-state index contributed by atoms with van der Waals surface area (Å²) in [5.41, 5.74) is 1.00. The molecule has 0 saturated carbocycles. The molecule has 0 amide bonds. The van der Waals surface area contributed by atoms with Gasteiger partial charge in [0, 0.05) is 0 Å². The zero-order valence-corrected chi connectivity index (χ0v) is 15.9.